The van der Waals surface area contributed by atoms with Gasteiger partial charge in [0.05, 0.1) is 22.4 Å². The smallest absolute Gasteiger partial charge is 0.155 e. The maximum absolute atomic E-state index is 10.0. The molecule has 2 aromatic carbocycles. The first-order valence-corrected chi connectivity index (χ1v) is 12.3. The summed E-state index contributed by atoms with van der Waals surface area (Å²) < 4.78 is 2.25. The van der Waals surface area contributed by atoms with Crippen molar-refractivity contribution < 1.29 is 30.0 Å². The van der Waals surface area contributed by atoms with E-state index in [-0.39, 0.29) is 47.9 Å². The van der Waals surface area contributed by atoms with E-state index in [0.717, 1.165) is 16.6 Å². The number of benzene rings is 2. The van der Waals surface area contributed by atoms with E-state index in [1.165, 1.54) is 53.1 Å². The Morgan fingerprint density at radius 3 is 2.11 bits per heavy atom. The number of aliphatic hydroxyl groups is 1. The number of fused-ring (bicyclic) bond motifs is 6. The van der Waals surface area contributed by atoms with Crippen LogP contribution in [0.5, 0.6) is 0 Å². The van der Waals surface area contributed by atoms with Crippen molar-refractivity contribution >= 4 is 33.2 Å². The quantitative estimate of drug-likeness (QED) is 0.129. The van der Waals surface area contributed by atoms with E-state index in [4.69, 9.17) is 10.1 Å². The summed E-state index contributed by atoms with van der Waals surface area (Å²) in [6.45, 7) is 21.5. The fraction of sp³-hybridized carbons (Fsp3) is 0.419. The molecule has 4 nitrogen and oxygen atoms in total. The summed E-state index contributed by atoms with van der Waals surface area (Å²) in [6, 6.07) is 12.8. The van der Waals surface area contributed by atoms with Gasteiger partial charge in [-0.2, -0.15) is 0 Å². The van der Waals surface area contributed by atoms with Crippen LogP contribution < -0.4 is 0 Å². The minimum Gasteiger partial charge on any atom is -0.512 e. The zero-order valence-corrected chi connectivity index (χ0v) is 25.4. The predicted molar refractivity (Wildman–Crippen MR) is 145 cm³/mol. The number of nitrogens with zero attached hydrogens (tertiary/aromatic N) is 2. The Kier molecular flexibility index (Phi) is 7.11. The summed E-state index contributed by atoms with van der Waals surface area (Å²) in [5.74, 6) is -0.0625. The molecule has 36 heavy (non-hydrogen) atoms. The van der Waals surface area contributed by atoms with Crippen molar-refractivity contribution in [1.29, 1.82) is 0 Å². The van der Waals surface area contributed by atoms with Crippen molar-refractivity contribution in [3.05, 3.63) is 70.6 Å². The van der Waals surface area contributed by atoms with E-state index >= 15 is 0 Å². The van der Waals surface area contributed by atoms with Crippen molar-refractivity contribution in [1.82, 2.24) is 9.38 Å². The topological polar surface area (TPSA) is 54.6 Å². The summed E-state index contributed by atoms with van der Waals surface area (Å²) in [5.41, 5.74) is 9.02. The van der Waals surface area contributed by atoms with Gasteiger partial charge in [-0.1, -0.05) is 61.5 Å². The van der Waals surface area contributed by atoms with Crippen LogP contribution in [0.15, 0.2) is 42.3 Å². The number of rotatable bonds is 1. The number of carbonyl (C=O) groups is 1. The Balaban J connectivity index is 0.000000400. The molecule has 0 spiro atoms. The molecule has 0 aliphatic heterocycles. The van der Waals surface area contributed by atoms with Crippen LogP contribution in [0.3, 0.4) is 0 Å². The summed E-state index contributed by atoms with van der Waals surface area (Å²) >= 11 is 0. The molecule has 1 aliphatic carbocycles. The molecule has 1 aliphatic rings. The Morgan fingerprint density at radius 1 is 1.00 bits per heavy atom. The van der Waals surface area contributed by atoms with Crippen LogP contribution in [0.2, 0.25) is 0 Å². The molecule has 1 N–H and O–H groups in total. The standard InChI is InChI=1S/C26H29N2.C5H8O2.Ir/c1-15-11-17-9-10-28-22-14-20-19(24(3,4)26(7,8)25(20,5)6)13-21(22)27-23(28)18(17)12-16(15)2;1-4(6)3-5(2)7;/h9-11,13-14H,1-8H3;3,6H,1-2H3;/q-1;;. The van der Waals surface area contributed by atoms with Gasteiger partial charge >= 0.3 is 0 Å². The van der Waals surface area contributed by atoms with Crippen molar-refractivity contribution in [2.24, 2.45) is 5.41 Å². The molecule has 0 amide bonds. The maximum atomic E-state index is 10.0. The van der Waals surface area contributed by atoms with E-state index < -0.39 is 0 Å². The van der Waals surface area contributed by atoms with Gasteiger partial charge in [0.25, 0.3) is 0 Å². The van der Waals surface area contributed by atoms with Crippen molar-refractivity contribution in [2.75, 3.05) is 0 Å². The minimum absolute atomic E-state index is 0. The predicted octanol–water partition coefficient (Wildman–Crippen LogP) is 7.69. The maximum Gasteiger partial charge on any atom is 0.155 e. The molecule has 0 saturated heterocycles. The molecule has 5 rings (SSSR count). The van der Waals surface area contributed by atoms with E-state index in [1.54, 1.807) is 0 Å². The van der Waals surface area contributed by atoms with Crippen LogP contribution >= 0.6 is 0 Å². The molecule has 5 heteroatoms. The van der Waals surface area contributed by atoms with Crippen molar-refractivity contribution in [2.45, 2.75) is 80.1 Å². The van der Waals surface area contributed by atoms with Crippen LogP contribution in [-0.2, 0) is 35.7 Å². The van der Waals surface area contributed by atoms with Gasteiger partial charge in [-0.15, -0.1) is 34.0 Å². The number of aryl methyl sites for hydroxylation is 2. The van der Waals surface area contributed by atoms with Gasteiger partial charge < -0.3 is 9.51 Å². The monoisotopic (exact) mass is 662 g/mol. The van der Waals surface area contributed by atoms with Crippen molar-refractivity contribution in [3.8, 4) is 0 Å². The molecule has 0 unspecified atom stereocenters. The number of ketones is 1. The molecule has 0 saturated carbocycles. The molecular formula is C31H37IrN2O2-. The molecular weight excluding hydrogens is 625 g/mol. The van der Waals surface area contributed by atoms with Crippen LogP contribution in [0, 0.1) is 25.3 Å². The van der Waals surface area contributed by atoms with Gasteiger partial charge in [-0.25, -0.2) is 0 Å². The first-order valence-electron chi connectivity index (χ1n) is 12.3. The minimum atomic E-state index is -0.125. The molecule has 4 aromatic rings. The third-order valence-electron chi connectivity index (χ3n) is 8.90. The summed E-state index contributed by atoms with van der Waals surface area (Å²) in [5, 5.41) is 10.7. The Hall–Kier alpha value is -2.49. The number of hydrogen-bond acceptors (Lipinski definition) is 3. The second kappa shape index (κ2) is 9.11. The second-order valence-corrected chi connectivity index (χ2v) is 11.7. The van der Waals surface area contributed by atoms with Gasteiger partial charge in [0.1, 0.15) is 0 Å². The first kappa shape index (κ1) is 28.1. The number of pyridine rings is 1. The van der Waals surface area contributed by atoms with Crippen LogP contribution in [0.1, 0.15) is 77.6 Å². The van der Waals surface area contributed by atoms with E-state index in [9.17, 15) is 4.79 Å². The Labute approximate surface area is 228 Å². The molecule has 1 radical (unpaired) electrons. The van der Waals surface area contributed by atoms with Gasteiger partial charge in [0.15, 0.2) is 5.78 Å². The van der Waals surface area contributed by atoms with E-state index in [0.29, 0.717) is 0 Å². The van der Waals surface area contributed by atoms with Gasteiger partial charge in [-0.3, -0.25) is 9.78 Å². The normalized spacial score (nSPS) is 17.4. The average molecular weight is 662 g/mol. The zero-order valence-electron chi connectivity index (χ0n) is 23.0. The average Bonchev–Trinajstić information content (AvgIpc) is 3.14. The van der Waals surface area contributed by atoms with E-state index in [2.05, 4.69) is 96.3 Å². The Bertz CT molecular complexity index is 1530. The molecule has 2 aromatic heterocycles. The fourth-order valence-electron chi connectivity index (χ4n) is 5.49. The fourth-order valence-corrected chi connectivity index (χ4v) is 5.49. The number of carbonyl (C=O) groups excluding carboxylic acids is 1. The van der Waals surface area contributed by atoms with E-state index in [1.807, 2.05) is 0 Å². The molecule has 2 heterocycles. The molecule has 0 atom stereocenters. The van der Waals surface area contributed by atoms with Crippen molar-refractivity contribution in [3.63, 3.8) is 0 Å². The zero-order chi connectivity index (χ0) is 26.1. The number of aromatic nitrogens is 2. The molecule has 0 bridgehead atoms. The number of imidazole rings is 1. The third kappa shape index (κ3) is 4.11. The summed E-state index contributed by atoms with van der Waals surface area (Å²) in [4.78, 5) is 15.1. The van der Waals surface area contributed by atoms with Crippen LogP contribution in [0.4, 0.5) is 0 Å². The first-order chi connectivity index (χ1) is 16.1. The molecule has 0 fully saturated rings. The SMILES string of the molecule is CC(=O)C=C(C)O.Cc1[c-]c2c(ccn3c4cc5c(cc4nc23)C(C)(C)C(C)(C)C5(C)C)cc1C.[Ir]. The summed E-state index contributed by atoms with van der Waals surface area (Å²) in [7, 11) is 0. The summed E-state index contributed by atoms with van der Waals surface area (Å²) in [6.07, 6.45) is 3.33. The Morgan fingerprint density at radius 2 is 1.58 bits per heavy atom. The largest absolute Gasteiger partial charge is 0.512 e. The van der Waals surface area contributed by atoms with Crippen LogP contribution in [0.25, 0.3) is 27.5 Å². The van der Waals surface area contributed by atoms with Crippen LogP contribution in [-0.4, -0.2) is 20.3 Å². The van der Waals surface area contributed by atoms with Gasteiger partial charge in [0.2, 0.25) is 0 Å². The molecule has 193 valence electrons. The number of allylic oxidation sites excluding steroid dienone is 2. The second-order valence-electron chi connectivity index (χ2n) is 11.7. The number of aliphatic hydroxyl groups excluding tert-OH is 1. The number of hydrogen-bond donors (Lipinski definition) is 1. The van der Waals surface area contributed by atoms with Gasteiger partial charge in [0, 0.05) is 26.2 Å². The van der Waals surface area contributed by atoms with Gasteiger partial charge in [-0.05, 0) is 59.5 Å². The third-order valence-corrected chi connectivity index (χ3v) is 8.90.